The molecule has 0 bridgehead atoms. The summed E-state index contributed by atoms with van der Waals surface area (Å²) in [6.45, 7) is 2.52. The molecule has 0 saturated heterocycles. The Balaban J connectivity index is 1.74. The Kier molecular flexibility index (Phi) is 6.66. The van der Waals surface area contributed by atoms with Gasteiger partial charge >= 0.3 is 0 Å². The molecule has 0 aliphatic heterocycles. The molecule has 1 aliphatic rings. The average Bonchev–Trinajstić information content (AvgIpc) is 3.13. The summed E-state index contributed by atoms with van der Waals surface area (Å²) in [4.78, 5) is 14.1. The van der Waals surface area contributed by atoms with E-state index in [0.29, 0.717) is 6.54 Å². The van der Waals surface area contributed by atoms with Crippen molar-refractivity contribution >= 4 is 21.4 Å². The molecule has 0 heterocycles. The maximum atomic E-state index is 12.2. The molecule has 1 saturated carbocycles. The van der Waals surface area contributed by atoms with Crippen LogP contribution in [-0.2, 0) is 14.6 Å². The number of nitrogens with zero attached hydrogens (tertiary/aromatic N) is 1. The van der Waals surface area contributed by atoms with Gasteiger partial charge in [-0.3, -0.25) is 4.79 Å². The molecule has 24 heavy (non-hydrogen) atoms. The Morgan fingerprint density at radius 2 is 1.88 bits per heavy atom. The van der Waals surface area contributed by atoms with Gasteiger partial charge in [0.15, 0.2) is 9.84 Å². The highest BCUT2D eigenvalue weighted by atomic mass is 32.2. The topological polar surface area (TPSA) is 66.5 Å². The quantitative estimate of drug-likeness (QED) is 0.780. The van der Waals surface area contributed by atoms with Crippen LogP contribution in [0.2, 0.25) is 0 Å². The van der Waals surface area contributed by atoms with Crippen LogP contribution in [-0.4, -0.2) is 45.0 Å². The molecule has 0 aromatic heterocycles. The fourth-order valence-corrected chi connectivity index (χ4v) is 4.91. The second-order valence-electron chi connectivity index (χ2n) is 6.62. The van der Waals surface area contributed by atoms with Gasteiger partial charge in [0.2, 0.25) is 5.91 Å². The third-order valence-corrected chi connectivity index (χ3v) is 7.10. The summed E-state index contributed by atoms with van der Waals surface area (Å²) in [6, 6.07) is 10.1. The molecule has 1 aromatic rings. The van der Waals surface area contributed by atoms with Gasteiger partial charge < -0.3 is 10.2 Å². The molecule has 2 rings (SSSR count). The number of carbonyl (C=O) groups is 1. The van der Waals surface area contributed by atoms with Crippen molar-refractivity contribution in [2.75, 3.05) is 24.2 Å². The average molecular weight is 352 g/mol. The minimum atomic E-state index is -3.12. The number of hydrogen-bond acceptors (Lipinski definition) is 4. The summed E-state index contributed by atoms with van der Waals surface area (Å²) in [5.41, 5.74) is 1.09. The van der Waals surface area contributed by atoms with E-state index in [1.807, 2.05) is 44.3 Å². The second-order valence-corrected chi connectivity index (χ2v) is 9.02. The molecule has 0 spiro atoms. The second kappa shape index (κ2) is 8.51. The number of anilines is 1. The number of rotatable bonds is 8. The van der Waals surface area contributed by atoms with Gasteiger partial charge in [0.05, 0.1) is 11.0 Å². The van der Waals surface area contributed by atoms with Gasteiger partial charge in [-0.15, -0.1) is 0 Å². The molecular formula is C18H28N2O3S. The normalized spacial score (nSPS) is 16.8. The Hall–Kier alpha value is -1.56. The molecule has 6 heteroatoms. The summed E-state index contributed by atoms with van der Waals surface area (Å²) in [7, 11) is -1.14. The summed E-state index contributed by atoms with van der Waals surface area (Å²) in [5, 5.41) is 2.62. The lowest BCUT2D eigenvalue weighted by molar-refractivity contribution is -0.120. The van der Waals surface area contributed by atoms with Crippen molar-refractivity contribution < 1.29 is 13.2 Å². The third kappa shape index (κ3) is 5.23. The van der Waals surface area contributed by atoms with Gasteiger partial charge in [0.25, 0.3) is 0 Å². The summed E-state index contributed by atoms with van der Waals surface area (Å²) in [6.07, 6.45) is 3.53. The zero-order valence-corrected chi connectivity index (χ0v) is 15.4. The van der Waals surface area contributed by atoms with Crippen molar-refractivity contribution in [1.29, 1.82) is 0 Å². The van der Waals surface area contributed by atoms with E-state index in [-0.39, 0.29) is 29.4 Å². The molecule has 1 unspecified atom stereocenters. The van der Waals surface area contributed by atoms with Crippen molar-refractivity contribution in [3.8, 4) is 0 Å². The summed E-state index contributed by atoms with van der Waals surface area (Å²) < 4.78 is 24.4. The first-order chi connectivity index (χ1) is 11.4. The highest BCUT2D eigenvalue weighted by Gasteiger charge is 2.28. The van der Waals surface area contributed by atoms with Gasteiger partial charge in [-0.05, 0) is 31.9 Å². The van der Waals surface area contributed by atoms with Crippen molar-refractivity contribution in [3.05, 3.63) is 30.3 Å². The molecule has 1 amide bonds. The third-order valence-electron chi connectivity index (χ3n) is 4.84. The van der Waals surface area contributed by atoms with E-state index in [1.165, 1.54) is 0 Å². The number of likely N-dealkylation sites (N-methyl/N-ethyl adjacent to an activating group) is 1. The van der Waals surface area contributed by atoms with Gasteiger partial charge in [-0.1, -0.05) is 31.0 Å². The number of hydrogen-bond donors (Lipinski definition) is 1. The number of amides is 1. The first-order valence-electron chi connectivity index (χ1n) is 8.66. The van der Waals surface area contributed by atoms with Gasteiger partial charge in [-0.25, -0.2) is 8.42 Å². The Morgan fingerprint density at radius 1 is 1.25 bits per heavy atom. The van der Waals surface area contributed by atoms with Gasteiger partial charge in [-0.2, -0.15) is 0 Å². The van der Waals surface area contributed by atoms with Crippen LogP contribution in [0.15, 0.2) is 30.3 Å². The molecule has 1 aromatic carbocycles. The van der Waals surface area contributed by atoms with Crippen LogP contribution in [0.3, 0.4) is 0 Å². The molecule has 1 aliphatic carbocycles. The largest absolute Gasteiger partial charge is 0.370 e. The van der Waals surface area contributed by atoms with E-state index >= 15 is 0 Å². The lowest BCUT2D eigenvalue weighted by atomic mass is 10.2. The number of benzene rings is 1. The minimum Gasteiger partial charge on any atom is -0.370 e. The number of nitrogens with one attached hydrogen (secondary N) is 1. The zero-order chi connectivity index (χ0) is 17.6. The number of sulfone groups is 1. The first-order valence-corrected chi connectivity index (χ1v) is 10.4. The molecule has 1 fully saturated rings. The standard InChI is InChI=1S/C18H28N2O3S/c1-15(20(2)16-8-4-3-5-9-16)14-19-18(21)12-13-24(22,23)17-10-6-7-11-17/h3-5,8-9,15,17H,6-7,10-14H2,1-2H3,(H,19,21). The van der Waals surface area contributed by atoms with Gasteiger partial charge in [0, 0.05) is 31.7 Å². The molecule has 5 nitrogen and oxygen atoms in total. The highest BCUT2D eigenvalue weighted by molar-refractivity contribution is 7.92. The van der Waals surface area contributed by atoms with Crippen LogP contribution in [0.5, 0.6) is 0 Å². The molecule has 1 atom stereocenters. The van der Waals surface area contributed by atoms with Crippen LogP contribution in [0, 0.1) is 0 Å². The fraction of sp³-hybridized carbons (Fsp3) is 0.611. The maximum absolute atomic E-state index is 12.2. The van der Waals surface area contributed by atoms with Crippen LogP contribution in [0.4, 0.5) is 5.69 Å². The smallest absolute Gasteiger partial charge is 0.221 e. The first kappa shape index (κ1) is 18.8. The predicted molar refractivity (Wildman–Crippen MR) is 98.0 cm³/mol. The van der Waals surface area contributed by atoms with Crippen LogP contribution in [0.1, 0.15) is 39.0 Å². The Morgan fingerprint density at radius 3 is 2.50 bits per heavy atom. The van der Waals surface area contributed by atoms with E-state index in [4.69, 9.17) is 0 Å². The zero-order valence-electron chi connectivity index (χ0n) is 14.6. The van der Waals surface area contributed by atoms with Gasteiger partial charge in [0.1, 0.15) is 0 Å². The molecule has 0 radical (unpaired) electrons. The van der Waals surface area contributed by atoms with Crippen molar-refractivity contribution in [2.24, 2.45) is 0 Å². The van der Waals surface area contributed by atoms with Crippen molar-refractivity contribution in [2.45, 2.75) is 50.3 Å². The minimum absolute atomic E-state index is 0.0353. The number of para-hydroxylation sites is 1. The van der Waals surface area contributed by atoms with E-state index in [2.05, 4.69) is 10.2 Å². The molecule has 134 valence electrons. The Bertz CT molecular complexity index is 625. The fourth-order valence-electron chi connectivity index (χ4n) is 3.05. The lowest BCUT2D eigenvalue weighted by Gasteiger charge is -2.27. The van der Waals surface area contributed by atoms with Crippen molar-refractivity contribution in [3.63, 3.8) is 0 Å². The molecular weight excluding hydrogens is 324 g/mol. The SMILES string of the molecule is CC(CNC(=O)CCS(=O)(=O)C1CCCC1)N(C)c1ccccc1. The van der Waals surface area contributed by atoms with E-state index < -0.39 is 9.84 Å². The maximum Gasteiger partial charge on any atom is 0.221 e. The van der Waals surface area contributed by atoms with E-state index in [9.17, 15) is 13.2 Å². The summed E-state index contributed by atoms with van der Waals surface area (Å²) in [5.74, 6) is -0.225. The number of carbonyl (C=O) groups excluding carboxylic acids is 1. The van der Waals surface area contributed by atoms with Crippen LogP contribution < -0.4 is 10.2 Å². The van der Waals surface area contributed by atoms with Crippen LogP contribution >= 0.6 is 0 Å². The van der Waals surface area contributed by atoms with Crippen LogP contribution in [0.25, 0.3) is 0 Å². The predicted octanol–water partition coefficient (Wildman–Crippen LogP) is 2.38. The molecule has 1 N–H and O–H groups in total. The summed E-state index contributed by atoms with van der Waals surface area (Å²) >= 11 is 0. The van der Waals surface area contributed by atoms with E-state index in [1.54, 1.807) is 0 Å². The van der Waals surface area contributed by atoms with Crippen molar-refractivity contribution in [1.82, 2.24) is 5.32 Å². The highest BCUT2D eigenvalue weighted by Crippen LogP contribution is 2.25. The van der Waals surface area contributed by atoms with E-state index in [0.717, 1.165) is 31.4 Å². The lowest BCUT2D eigenvalue weighted by Crippen LogP contribution is -2.40. The monoisotopic (exact) mass is 352 g/mol. The Labute approximate surface area is 145 Å².